The molecule has 0 fully saturated rings. The van der Waals surface area contributed by atoms with Gasteiger partial charge in [0.05, 0.1) is 21.9 Å². The molecule has 0 saturated heterocycles. The van der Waals surface area contributed by atoms with E-state index in [1.807, 2.05) is 42.5 Å². The fourth-order valence-electron chi connectivity index (χ4n) is 2.85. The van der Waals surface area contributed by atoms with Crippen LogP contribution in [0.25, 0.3) is 36.8 Å². The molecule has 0 bridgehead atoms. The lowest BCUT2D eigenvalue weighted by Crippen LogP contribution is -1.82. The lowest BCUT2D eigenvalue weighted by molar-refractivity contribution is 0.586. The van der Waals surface area contributed by atoms with Crippen molar-refractivity contribution in [2.24, 2.45) is 0 Å². The van der Waals surface area contributed by atoms with Gasteiger partial charge in [-0.1, -0.05) is 29.8 Å². The van der Waals surface area contributed by atoms with Crippen LogP contribution in [0.4, 0.5) is 0 Å². The van der Waals surface area contributed by atoms with Crippen LogP contribution in [0.15, 0.2) is 59.1 Å². The molecular formula is C19H9ClNOS+. The molecule has 0 radical (unpaired) electrons. The molecule has 0 spiro atoms. The lowest BCUT2D eigenvalue weighted by Gasteiger charge is -1.94. The summed E-state index contributed by atoms with van der Waals surface area (Å²) in [5.74, 6) is 0.581. The monoisotopic (exact) mass is 334 g/mol. The van der Waals surface area contributed by atoms with E-state index in [9.17, 15) is 0 Å². The highest BCUT2D eigenvalue weighted by atomic mass is 35.5. The zero-order valence-corrected chi connectivity index (χ0v) is 13.4. The van der Waals surface area contributed by atoms with E-state index in [2.05, 4.69) is 23.2 Å². The Labute approximate surface area is 141 Å². The van der Waals surface area contributed by atoms with Crippen molar-refractivity contribution in [2.45, 2.75) is 0 Å². The van der Waals surface area contributed by atoms with Crippen molar-refractivity contribution in [1.29, 1.82) is 0 Å². The van der Waals surface area contributed by atoms with Crippen LogP contribution >= 0.6 is 22.9 Å². The SMILES string of the molecule is Clc1c2nc(C3=CC=[C+]C=C3)oc2cc2c1sc1ccccc12. The van der Waals surface area contributed by atoms with E-state index in [0.29, 0.717) is 22.0 Å². The molecule has 0 saturated carbocycles. The maximum Gasteiger partial charge on any atom is 0.255 e. The molecule has 5 rings (SSSR count). The zero-order valence-electron chi connectivity index (χ0n) is 11.8. The largest absolute Gasteiger partial charge is 0.434 e. The van der Waals surface area contributed by atoms with Crippen molar-refractivity contribution < 1.29 is 4.42 Å². The quantitative estimate of drug-likeness (QED) is 0.389. The van der Waals surface area contributed by atoms with E-state index < -0.39 is 0 Å². The van der Waals surface area contributed by atoms with E-state index in [1.165, 1.54) is 10.1 Å². The summed E-state index contributed by atoms with van der Waals surface area (Å²) in [5, 5.41) is 2.98. The van der Waals surface area contributed by atoms with Gasteiger partial charge in [0, 0.05) is 21.5 Å². The van der Waals surface area contributed by atoms with Crippen molar-refractivity contribution in [2.75, 3.05) is 0 Å². The van der Waals surface area contributed by atoms with Crippen LogP contribution in [0.3, 0.4) is 0 Å². The molecular weight excluding hydrogens is 326 g/mol. The molecule has 108 valence electrons. The van der Waals surface area contributed by atoms with Gasteiger partial charge in [0.2, 0.25) is 0 Å². The second-order valence-electron chi connectivity index (χ2n) is 5.32. The average molecular weight is 335 g/mol. The topological polar surface area (TPSA) is 26.0 Å². The number of thiophene rings is 1. The number of benzene rings is 2. The van der Waals surface area contributed by atoms with Crippen LogP contribution in [0.2, 0.25) is 5.02 Å². The van der Waals surface area contributed by atoms with Crippen molar-refractivity contribution in [3.05, 3.63) is 71.6 Å². The summed E-state index contributed by atoms with van der Waals surface area (Å²) in [6.45, 7) is 0. The van der Waals surface area contributed by atoms with E-state index in [-0.39, 0.29) is 0 Å². The zero-order chi connectivity index (χ0) is 15.4. The third-order valence-corrected chi connectivity index (χ3v) is 5.62. The summed E-state index contributed by atoms with van der Waals surface area (Å²) < 4.78 is 8.23. The van der Waals surface area contributed by atoms with Crippen molar-refractivity contribution in [3.8, 4) is 0 Å². The highest BCUT2D eigenvalue weighted by Crippen LogP contribution is 2.42. The summed E-state index contributed by atoms with van der Waals surface area (Å²) in [7, 11) is 0. The smallest absolute Gasteiger partial charge is 0.255 e. The fourth-order valence-corrected chi connectivity index (χ4v) is 4.32. The molecule has 4 heteroatoms. The molecule has 23 heavy (non-hydrogen) atoms. The summed E-state index contributed by atoms with van der Waals surface area (Å²) in [5.41, 5.74) is 2.35. The van der Waals surface area contributed by atoms with E-state index in [1.54, 1.807) is 11.3 Å². The Morgan fingerprint density at radius 3 is 2.96 bits per heavy atom. The van der Waals surface area contributed by atoms with E-state index in [4.69, 9.17) is 16.0 Å². The predicted molar refractivity (Wildman–Crippen MR) is 96.8 cm³/mol. The highest BCUT2D eigenvalue weighted by molar-refractivity contribution is 7.26. The van der Waals surface area contributed by atoms with Crippen molar-refractivity contribution in [1.82, 2.24) is 4.98 Å². The van der Waals surface area contributed by atoms with Gasteiger partial charge >= 0.3 is 0 Å². The van der Waals surface area contributed by atoms with Crippen LogP contribution in [0, 0.1) is 6.08 Å². The first-order chi connectivity index (χ1) is 11.3. The number of aromatic nitrogens is 1. The average Bonchev–Trinajstić information content (AvgIpc) is 3.18. The normalized spacial score (nSPS) is 13.9. The van der Waals surface area contributed by atoms with Gasteiger partial charge in [-0.25, -0.2) is 4.98 Å². The molecule has 0 atom stereocenters. The third kappa shape index (κ3) is 1.88. The molecule has 1 aliphatic carbocycles. The van der Waals surface area contributed by atoms with E-state index in [0.717, 1.165) is 15.7 Å². The first-order valence-corrected chi connectivity index (χ1v) is 8.37. The second-order valence-corrected chi connectivity index (χ2v) is 6.75. The minimum atomic E-state index is 0.581. The number of oxazole rings is 1. The summed E-state index contributed by atoms with van der Waals surface area (Å²) in [4.78, 5) is 4.60. The minimum Gasteiger partial charge on any atom is -0.434 e. The molecule has 2 aromatic carbocycles. The van der Waals surface area contributed by atoms with Crippen LogP contribution in [0.5, 0.6) is 0 Å². The maximum absolute atomic E-state index is 6.63. The maximum atomic E-state index is 6.63. The van der Waals surface area contributed by atoms with Gasteiger partial charge in [-0.3, -0.25) is 0 Å². The van der Waals surface area contributed by atoms with E-state index >= 15 is 0 Å². The Morgan fingerprint density at radius 1 is 1.17 bits per heavy atom. The molecule has 0 amide bonds. The van der Waals surface area contributed by atoms with Gasteiger partial charge in [-0.15, -0.1) is 11.3 Å². The Balaban J connectivity index is 1.85. The molecule has 2 nitrogen and oxygen atoms in total. The number of rotatable bonds is 1. The number of nitrogens with zero attached hydrogens (tertiary/aromatic N) is 1. The van der Waals surface area contributed by atoms with Crippen LogP contribution in [0.1, 0.15) is 5.89 Å². The Kier molecular flexibility index (Phi) is 2.70. The summed E-state index contributed by atoms with van der Waals surface area (Å²) in [6.07, 6.45) is 10.5. The van der Waals surface area contributed by atoms with Gasteiger partial charge in [0.25, 0.3) is 5.89 Å². The molecule has 2 heterocycles. The number of halogens is 1. The minimum absolute atomic E-state index is 0.581. The van der Waals surface area contributed by atoms with Gasteiger partial charge in [0.1, 0.15) is 23.2 Å². The van der Waals surface area contributed by atoms with Gasteiger partial charge < -0.3 is 4.42 Å². The second kappa shape index (κ2) is 4.77. The third-order valence-electron chi connectivity index (χ3n) is 3.94. The first kappa shape index (κ1) is 13.0. The van der Waals surface area contributed by atoms with Crippen LogP contribution < -0.4 is 0 Å². The predicted octanol–water partition coefficient (Wildman–Crippen LogP) is 6.16. The van der Waals surface area contributed by atoms with Crippen molar-refractivity contribution in [3.63, 3.8) is 0 Å². The number of fused-ring (bicyclic) bond motifs is 4. The molecule has 0 N–H and O–H groups in total. The fraction of sp³-hybridized carbons (Fsp3) is 0. The van der Waals surface area contributed by atoms with Gasteiger partial charge in [-0.2, -0.15) is 0 Å². The number of hydrogen-bond donors (Lipinski definition) is 0. The molecule has 2 aromatic heterocycles. The molecule has 1 aliphatic rings. The number of allylic oxidation sites excluding steroid dienone is 6. The van der Waals surface area contributed by atoms with Crippen LogP contribution in [-0.2, 0) is 0 Å². The number of hydrogen-bond acceptors (Lipinski definition) is 3. The summed E-state index contributed by atoms with van der Waals surface area (Å²) >= 11 is 8.32. The van der Waals surface area contributed by atoms with Crippen LogP contribution in [-0.4, -0.2) is 4.98 Å². The summed E-state index contributed by atoms with van der Waals surface area (Å²) in [6, 6.07) is 10.3. The Morgan fingerprint density at radius 2 is 2.09 bits per heavy atom. The van der Waals surface area contributed by atoms with Gasteiger partial charge in [-0.05, 0) is 12.1 Å². The Bertz CT molecular complexity index is 1180. The molecule has 4 aromatic rings. The lowest BCUT2D eigenvalue weighted by atomic mass is 10.1. The highest BCUT2D eigenvalue weighted by Gasteiger charge is 2.19. The standard InChI is InChI=1S/C19H9ClNOS/c20-16-17-14(22-19(21-17)11-6-2-1-3-7-11)10-13-12-8-4-5-9-15(12)23-18(13)16/h2-10H/q+1. The van der Waals surface area contributed by atoms with Gasteiger partial charge in [0.15, 0.2) is 5.58 Å². The first-order valence-electron chi connectivity index (χ1n) is 7.18. The Hall–Kier alpha value is -2.45. The van der Waals surface area contributed by atoms with Crippen molar-refractivity contribution >= 4 is 59.8 Å². The molecule has 0 aliphatic heterocycles. The molecule has 0 unspecified atom stereocenters.